The molecule has 0 aliphatic carbocycles. The second-order valence-corrected chi connectivity index (χ2v) is 7.61. The molecule has 1 unspecified atom stereocenters. The zero-order valence-electron chi connectivity index (χ0n) is 16.1. The zero-order chi connectivity index (χ0) is 20.1. The standard InChI is InChI=1S/C19H22N8OS/c1-2-14-8-17(22-11-21-14)27-7-3-4-15(10-27)24-16-6-5-13(9-20-16)18(28)25-19-26-23-12-29-19/h5-6,8-9,11-12,15H,2-4,7,10H2,1H3,(H,20,24)(H,25,26,28). The molecule has 1 aliphatic heterocycles. The van der Waals surface area contributed by atoms with E-state index in [1.165, 1.54) is 11.3 Å². The smallest absolute Gasteiger partial charge is 0.259 e. The van der Waals surface area contributed by atoms with Gasteiger partial charge in [-0.1, -0.05) is 18.3 Å². The Balaban J connectivity index is 1.36. The van der Waals surface area contributed by atoms with E-state index in [4.69, 9.17) is 0 Å². The number of aryl methyl sites for hydroxylation is 1. The average Bonchev–Trinajstić information content (AvgIpc) is 3.27. The van der Waals surface area contributed by atoms with Gasteiger partial charge >= 0.3 is 0 Å². The van der Waals surface area contributed by atoms with Crippen LogP contribution in [0.5, 0.6) is 0 Å². The van der Waals surface area contributed by atoms with Crippen LogP contribution in [-0.2, 0) is 6.42 Å². The van der Waals surface area contributed by atoms with Gasteiger partial charge in [0.2, 0.25) is 5.13 Å². The lowest BCUT2D eigenvalue weighted by Gasteiger charge is -2.34. The summed E-state index contributed by atoms with van der Waals surface area (Å²) in [5, 5.41) is 14.2. The van der Waals surface area contributed by atoms with Crippen LogP contribution in [0.25, 0.3) is 0 Å². The van der Waals surface area contributed by atoms with Crippen LogP contribution >= 0.6 is 11.3 Å². The monoisotopic (exact) mass is 410 g/mol. The maximum Gasteiger partial charge on any atom is 0.259 e. The Kier molecular flexibility index (Phi) is 5.89. The molecular weight excluding hydrogens is 388 g/mol. The normalized spacial score (nSPS) is 16.4. The average molecular weight is 411 g/mol. The number of hydrogen-bond donors (Lipinski definition) is 2. The predicted molar refractivity (Wildman–Crippen MR) is 112 cm³/mol. The molecule has 3 aromatic heterocycles. The zero-order valence-corrected chi connectivity index (χ0v) is 16.9. The van der Waals surface area contributed by atoms with Crippen molar-refractivity contribution < 1.29 is 4.79 Å². The number of nitrogens with one attached hydrogen (secondary N) is 2. The number of hydrogen-bond acceptors (Lipinski definition) is 9. The van der Waals surface area contributed by atoms with E-state index in [0.717, 1.165) is 49.7 Å². The first-order valence-corrected chi connectivity index (χ1v) is 10.4. The van der Waals surface area contributed by atoms with E-state index in [1.54, 1.807) is 24.1 Å². The first-order chi connectivity index (χ1) is 14.2. The summed E-state index contributed by atoms with van der Waals surface area (Å²) in [6.45, 7) is 3.92. The highest BCUT2D eigenvalue weighted by Crippen LogP contribution is 2.20. The lowest BCUT2D eigenvalue weighted by atomic mass is 10.1. The van der Waals surface area contributed by atoms with Gasteiger partial charge in [-0.2, -0.15) is 0 Å². The summed E-state index contributed by atoms with van der Waals surface area (Å²) in [4.78, 5) is 27.6. The molecule has 1 fully saturated rings. The molecule has 3 aromatic rings. The van der Waals surface area contributed by atoms with E-state index in [9.17, 15) is 4.79 Å². The van der Waals surface area contributed by atoms with Crippen LogP contribution in [0.2, 0.25) is 0 Å². The van der Waals surface area contributed by atoms with Crippen LogP contribution in [0.15, 0.2) is 36.2 Å². The SMILES string of the molecule is CCc1cc(N2CCCC(Nc3ccc(C(=O)Nc4nncs4)cn3)C2)ncn1. The van der Waals surface area contributed by atoms with E-state index < -0.39 is 0 Å². The van der Waals surface area contributed by atoms with Gasteiger partial charge in [0.25, 0.3) is 5.91 Å². The number of anilines is 3. The molecule has 4 heterocycles. The van der Waals surface area contributed by atoms with Crippen LogP contribution in [0.1, 0.15) is 35.8 Å². The summed E-state index contributed by atoms with van der Waals surface area (Å²) in [6, 6.07) is 5.90. The summed E-state index contributed by atoms with van der Waals surface area (Å²) in [7, 11) is 0. The largest absolute Gasteiger partial charge is 0.366 e. The minimum absolute atomic E-state index is 0.250. The van der Waals surface area contributed by atoms with Crippen molar-refractivity contribution in [2.24, 2.45) is 0 Å². The summed E-state index contributed by atoms with van der Waals surface area (Å²) in [6.07, 6.45) is 6.23. The van der Waals surface area contributed by atoms with Gasteiger partial charge in [0.15, 0.2) is 0 Å². The molecular formula is C19H22N8OS. The molecule has 0 radical (unpaired) electrons. The molecule has 0 aromatic carbocycles. The van der Waals surface area contributed by atoms with Crippen LogP contribution in [0.3, 0.4) is 0 Å². The Hall–Kier alpha value is -3.14. The van der Waals surface area contributed by atoms with Gasteiger partial charge < -0.3 is 10.2 Å². The number of rotatable bonds is 6. The second-order valence-electron chi connectivity index (χ2n) is 6.78. The quantitative estimate of drug-likeness (QED) is 0.638. The Morgan fingerprint density at radius 1 is 1.31 bits per heavy atom. The van der Waals surface area contributed by atoms with Crippen molar-refractivity contribution in [2.75, 3.05) is 28.6 Å². The van der Waals surface area contributed by atoms with E-state index in [-0.39, 0.29) is 11.9 Å². The van der Waals surface area contributed by atoms with Gasteiger partial charge in [0.1, 0.15) is 23.5 Å². The molecule has 0 bridgehead atoms. The maximum absolute atomic E-state index is 12.2. The molecule has 1 aliphatic rings. The third-order valence-electron chi connectivity index (χ3n) is 4.78. The second kappa shape index (κ2) is 8.91. The molecule has 2 N–H and O–H groups in total. The lowest BCUT2D eigenvalue weighted by Crippen LogP contribution is -2.42. The van der Waals surface area contributed by atoms with Crippen LogP contribution in [0.4, 0.5) is 16.8 Å². The predicted octanol–water partition coefficient (Wildman–Crippen LogP) is 2.62. The molecule has 0 saturated carbocycles. The lowest BCUT2D eigenvalue weighted by molar-refractivity contribution is 0.102. The van der Waals surface area contributed by atoms with Crippen molar-refractivity contribution in [3.63, 3.8) is 0 Å². The van der Waals surface area contributed by atoms with E-state index in [2.05, 4.69) is 53.7 Å². The molecule has 4 rings (SSSR count). The fraction of sp³-hybridized carbons (Fsp3) is 0.368. The van der Waals surface area contributed by atoms with Crippen molar-refractivity contribution in [3.8, 4) is 0 Å². The third kappa shape index (κ3) is 4.83. The Bertz CT molecular complexity index is 947. The fourth-order valence-corrected chi connectivity index (χ4v) is 3.71. The maximum atomic E-state index is 12.2. The van der Waals surface area contributed by atoms with E-state index in [0.29, 0.717) is 10.7 Å². The number of pyridine rings is 1. The molecule has 1 atom stereocenters. The minimum atomic E-state index is -0.250. The summed E-state index contributed by atoms with van der Waals surface area (Å²) in [5.74, 6) is 1.47. The number of amides is 1. The number of nitrogens with zero attached hydrogens (tertiary/aromatic N) is 6. The summed E-state index contributed by atoms with van der Waals surface area (Å²) < 4.78 is 0. The van der Waals surface area contributed by atoms with Crippen molar-refractivity contribution >= 4 is 34.0 Å². The molecule has 150 valence electrons. The van der Waals surface area contributed by atoms with Crippen LogP contribution in [-0.4, -0.2) is 50.2 Å². The Morgan fingerprint density at radius 2 is 2.24 bits per heavy atom. The van der Waals surface area contributed by atoms with E-state index in [1.807, 2.05) is 6.07 Å². The molecule has 1 amide bonds. The van der Waals surface area contributed by atoms with Crippen molar-refractivity contribution in [2.45, 2.75) is 32.2 Å². The highest BCUT2D eigenvalue weighted by atomic mass is 32.1. The van der Waals surface area contributed by atoms with E-state index >= 15 is 0 Å². The Morgan fingerprint density at radius 3 is 3.00 bits per heavy atom. The fourth-order valence-electron chi connectivity index (χ4n) is 3.27. The minimum Gasteiger partial charge on any atom is -0.366 e. The number of carbonyl (C=O) groups is 1. The van der Waals surface area contributed by atoms with Gasteiger partial charge in [0.05, 0.1) is 5.56 Å². The van der Waals surface area contributed by atoms with Crippen molar-refractivity contribution in [1.29, 1.82) is 0 Å². The van der Waals surface area contributed by atoms with Gasteiger partial charge in [-0.25, -0.2) is 15.0 Å². The van der Waals surface area contributed by atoms with Gasteiger partial charge in [-0.15, -0.1) is 10.2 Å². The number of piperidine rings is 1. The summed E-state index contributed by atoms with van der Waals surface area (Å²) in [5.41, 5.74) is 3.09. The molecule has 0 spiro atoms. The Labute approximate surface area is 172 Å². The van der Waals surface area contributed by atoms with Crippen molar-refractivity contribution in [1.82, 2.24) is 25.1 Å². The van der Waals surface area contributed by atoms with Gasteiger partial charge in [-0.05, 0) is 31.4 Å². The number of carbonyl (C=O) groups excluding carboxylic acids is 1. The van der Waals surface area contributed by atoms with Gasteiger partial charge in [-0.3, -0.25) is 10.1 Å². The third-order valence-corrected chi connectivity index (χ3v) is 5.38. The highest BCUT2D eigenvalue weighted by molar-refractivity contribution is 7.13. The molecule has 29 heavy (non-hydrogen) atoms. The molecule has 9 nitrogen and oxygen atoms in total. The molecule has 1 saturated heterocycles. The summed E-state index contributed by atoms with van der Waals surface area (Å²) >= 11 is 1.27. The van der Waals surface area contributed by atoms with Crippen molar-refractivity contribution in [3.05, 3.63) is 47.5 Å². The van der Waals surface area contributed by atoms with Crippen LogP contribution in [0, 0.1) is 0 Å². The topological polar surface area (TPSA) is 109 Å². The molecule has 10 heteroatoms. The van der Waals surface area contributed by atoms with Crippen LogP contribution < -0.4 is 15.5 Å². The first-order valence-electron chi connectivity index (χ1n) is 9.57. The number of aromatic nitrogens is 5. The van der Waals surface area contributed by atoms with Gasteiger partial charge in [0, 0.05) is 37.1 Å². The first kappa shape index (κ1) is 19.2. The highest BCUT2D eigenvalue weighted by Gasteiger charge is 2.21.